The van der Waals surface area contributed by atoms with Gasteiger partial charge in [0.15, 0.2) is 11.5 Å². The molecule has 0 atom stereocenters. The molecular weight excluding hydrogens is 204 g/mol. The molecule has 4 heteroatoms. The molecule has 16 heavy (non-hydrogen) atoms. The van der Waals surface area contributed by atoms with Crippen LogP contribution in [0.3, 0.4) is 0 Å². The summed E-state index contributed by atoms with van der Waals surface area (Å²) < 4.78 is 10.5. The predicted octanol–water partition coefficient (Wildman–Crippen LogP) is 2.26. The molecule has 1 heterocycles. The van der Waals surface area contributed by atoms with Gasteiger partial charge >= 0.3 is 0 Å². The van der Waals surface area contributed by atoms with E-state index in [0.29, 0.717) is 11.5 Å². The highest BCUT2D eigenvalue weighted by atomic mass is 16.5. The second-order valence-electron chi connectivity index (χ2n) is 3.62. The van der Waals surface area contributed by atoms with Gasteiger partial charge in [0, 0.05) is 10.8 Å². The second kappa shape index (κ2) is 3.96. The van der Waals surface area contributed by atoms with Gasteiger partial charge in [0.2, 0.25) is 0 Å². The number of fused-ring (bicyclic) bond motifs is 1. The minimum absolute atomic E-state index is 0.713. The number of nitrogens with zero attached hydrogens (tertiary/aromatic N) is 2. The Labute approximate surface area is 94.2 Å². The Hall–Kier alpha value is -1.84. The molecule has 1 aromatic carbocycles. The molecule has 0 aliphatic carbocycles. The largest absolute Gasteiger partial charge is 0.493 e. The molecule has 2 rings (SSSR count). The Balaban J connectivity index is 2.82. The molecule has 0 saturated heterocycles. The van der Waals surface area contributed by atoms with Crippen LogP contribution in [0.15, 0.2) is 12.1 Å². The van der Waals surface area contributed by atoms with E-state index >= 15 is 0 Å². The Kier molecular flexibility index (Phi) is 2.64. The lowest BCUT2D eigenvalue weighted by atomic mass is 10.1. The first-order valence-corrected chi connectivity index (χ1v) is 5.03. The highest BCUT2D eigenvalue weighted by Crippen LogP contribution is 2.33. The zero-order valence-electron chi connectivity index (χ0n) is 9.87. The maximum Gasteiger partial charge on any atom is 0.161 e. The van der Waals surface area contributed by atoms with E-state index in [1.165, 1.54) is 0 Å². The molecule has 1 aromatic heterocycles. The first-order chi connectivity index (χ1) is 7.67. The summed E-state index contributed by atoms with van der Waals surface area (Å²) in [5, 5.41) is 10.3. The van der Waals surface area contributed by atoms with Gasteiger partial charge in [0.05, 0.1) is 25.6 Å². The molecule has 0 radical (unpaired) electrons. The monoisotopic (exact) mass is 218 g/mol. The van der Waals surface area contributed by atoms with Crippen molar-refractivity contribution in [3.8, 4) is 11.5 Å². The minimum Gasteiger partial charge on any atom is -0.493 e. The third kappa shape index (κ3) is 1.56. The fourth-order valence-corrected chi connectivity index (χ4v) is 1.74. The Morgan fingerprint density at radius 1 is 0.812 bits per heavy atom. The third-order valence-electron chi connectivity index (χ3n) is 2.65. The summed E-state index contributed by atoms with van der Waals surface area (Å²) >= 11 is 0. The van der Waals surface area contributed by atoms with Crippen LogP contribution in [-0.4, -0.2) is 24.4 Å². The fourth-order valence-electron chi connectivity index (χ4n) is 1.74. The fraction of sp³-hybridized carbons (Fsp3) is 0.333. The summed E-state index contributed by atoms with van der Waals surface area (Å²) in [5.74, 6) is 1.43. The quantitative estimate of drug-likeness (QED) is 0.775. The predicted molar refractivity (Wildman–Crippen MR) is 62.1 cm³/mol. The lowest BCUT2D eigenvalue weighted by molar-refractivity contribution is 0.356. The van der Waals surface area contributed by atoms with Crippen LogP contribution in [0.2, 0.25) is 0 Å². The molecular formula is C12H14N2O2. The van der Waals surface area contributed by atoms with Gasteiger partial charge in [0.25, 0.3) is 0 Å². The van der Waals surface area contributed by atoms with E-state index in [4.69, 9.17) is 9.47 Å². The van der Waals surface area contributed by atoms with Gasteiger partial charge < -0.3 is 9.47 Å². The normalized spacial score (nSPS) is 10.5. The smallest absolute Gasteiger partial charge is 0.161 e. The van der Waals surface area contributed by atoms with Crippen LogP contribution in [0.25, 0.3) is 10.8 Å². The number of methoxy groups -OCH3 is 2. The van der Waals surface area contributed by atoms with Gasteiger partial charge in [-0.2, -0.15) is 10.2 Å². The lowest BCUT2D eigenvalue weighted by Crippen LogP contribution is -1.96. The summed E-state index contributed by atoms with van der Waals surface area (Å²) in [6.07, 6.45) is 0. The molecule has 2 aromatic rings. The van der Waals surface area contributed by atoms with Crippen molar-refractivity contribution < 1.29 is 9.47 Å². The molecule has 0 bridgehead atoms. The molecule has 0 N–H and O–H groups in total. The van der Waals surface area contributed by atoms with E-state index in [2.05, 4.69) is 10.2 Å². The summed E-state index contributed by atoms with van der Waals surface area (Å²) in [7, 11) is 3.25. The molecule has 0 amide bonds. The second-order valence-corrected chi connectivity index (χ2v) is 3.62. The number of hydrogen-bond donors (Lipinski definition) is 0. The Morgan fingerprint density at radius 3 is 1.50 bits per heavy atom. The standard InChI is InChI=1S/C12H14N2O2/c1-7-9-5-11(15-3)12(16-4)6-10(9)8(2)14-13-7/h5-6H,1-4H3. The molecule has 0 aliphatic rings. The van der Waals surface area contributed by atoms with Crippen LogP contribution in [-0.2, 0) is 0 Å². The first kappa shape index (κ1) is 10.7. The minimum atomic E-state index is 0.713. The van der Waals surface area contributed by atoms with Crippen LogP contribution in [0.5, 0.6) is 11.5 Å². The molecule has 0 saturated carbocycles. The van der Waals surface area contributed by atoms with E-state index in [1.807, 2.05) is 26.0 Å². The summed E-state index contributed by atoms with van der Waals surface area (Å²) in [4.78, 5) is 0. The number of benzene rings is 1. The highest BCUT2D eigenvalue weighted by molar-refractivity contribution is 5.89. The van der Waals surface area contributed by atoms with Crippen molar-refractivity contribution >= 4 is 10.8 Å². The van der Waals surface area contributed by atoms with Gasteiger partial charge in [-0.1, -0.05) is 0 Å². The zero-order chi connectivity index (χ0) is 11.7. The highest BCUT2D eigenvalue weighted by Gasteiger charge is 2.10. The van der Waals surface area contributed by atoms with Crippen LogP contribution in [0.1, 0.15) is 11.4 Å². The van der Waals surface area contributed by atoms with Crippen LogP contribution < -0.4 is 9.47 Å². The summed E-state index contributed by atoms with van der Waals surface area (Å²) in [6, 6.07) is 3.87. The van der Waals surface area contributed by atoms with Gasteiger partial charge in [-0.15, -0.1) is 0 Å². The molecule has 0 aliphatic heterocycles. The van der Waals surface area contributed by atoms with Crippen molar-refractivity contribution in [2.24, 2.45) is 0 Å². The van der Waals surface area contributed by atoms with Gasteiger partial charge in [0.1, 0.15) is 0 Å². The number of aromatic nitrogens is 2. The summed E-state index contributed by atoms with van der Waals surface area (Å²) in [6.45, 7) is 3.86. The van der Waals surface area contributed by atoms with E-state index in [-0.39, 0.29) is 0 Å². The average Bonchev–Trinajstić information content (AvgIpc) is 2.32. The van der Waals surface area contributed by atoms with Crippen LogP contribution in [0, 0.1) is 13.8 Å². The Morgan fingerprint density at radius 2 is 1.19 bits per heavy atom. The van der Waals surface area contributed by atoms with Crippen molar-refractivity contribution in [2.75, 3.05) is 14.2 Å². The molecule has 0 spiro atoms. The average molecular weight is 218 g/mol. The molecule has 84 valence electrons. The first-order valence-electron chi connectivity index (χ1n) is 5.03. The van der Waals surface area contributed by atoms with Crippen LogP contribution >= 0.6 is 0 Å². The summed E-state index contributed by atoms with van der Waals surface area (Å²) in [5.41, 5.74) is 1.78. The lowest BCUT2D eigenvalue weighted by Gasteiger charge is -2.10. The number of rotatable bonds is 2. The SMILES string of the molecule is COc1cc2c(C)nnc(C)c2cc1OC. The third-order valence-corrected chi connectivity index (χ3v) is 2.65. The topological polar surface area (TPSA) is 44.2 Å². The van der Waals surface area contributed by atoms with Gasteiger partial charge in [-0.25, -0.2) is 0 Å². The van der Waals surface area contributed by atoms with E-state index in [1.54, 1.807) is 14.2 Å². The maximum atomic E-state index is 5.27. The number of hydrogen-bond acceptors (Lipinski definition) is 4. The zero-order valence-corrected chi connectivity index (χ0v) is 9.87. The van der Waals surface area contributed by atoms with E-state index in [0.717, 1.165) is 22.2 Å². The van der Waals surface area contributed by atoms with Gasteiger partial charge in [-0.3, -0.25) is 0 Å². The van der Waals surface area contributed by atoms with E-state index < -0.39 is 0 Å². The van der Waals surface area contributed by atoms with Crippen molar-refractivity contribution in [3.63, 3.8) is 0 Å². The maximum absolute atomic E-state index is 5.27. The number of ether oxygens (including phenoxy) is 2. The van der Waals surface area contributed by atoms with Crippen molar-refractivity contribution in [3.05, 3.63) is 23.5 Å². The van der Waals surface area contributed by atoms with Crippen molar-refractivity contribution in [1.29, 1.82) is 0 Å². The van der Waals surface area contributed by atoms with Crippen molar-refractivity contribution in [1.82, 2.24) is 10.2 Å². The number of aryl methyl sites for hydroxylation is 2. The van der Waals surface area contributed by atoms with Crippen molar-refractivity contribution in [2.45, 2.75) is 13.8 Å². The molecule has 4 nitrogen and oxygen atoms in total. The van der Waals surface area contributed by atoms with Crippen LogP contribution in [0.4, 0.5) is 0 Å². The Bertz CT molecular complexity index is 490. The van der Waals surface area contributed by atoms with E-state index in [9.17, 15) is 0 Å². The van der Waals surface area contributed by atoms with Gasteiger partial charge in [-0.05, 0) is 26.0 Å². The molecule has 0 fully saturated rings. The molecule has 0 unspecified atom stereocenters.